The number of ether oxygens (including phenoxy) is 2. The number of methoxy groups -OCH3 is 1. The van der Waals surface area contributed by atoms with Crippen LogP contribution in [-0.4, -0.2) is 62.9 Å². The molecule has 0 spiro atoms. The highest BCUT2D eigenvalue weighted by atomic mass is 16.5. The van der Waals surface area contributed by atoms with Crippen LogP contribution in [0.2, 0.25) is 0 Å². The van der Waals surface area contributed by atoms with Crippen molar-refractivity contribution in [1.82, 2.24) is 30.1 Å². The summed E-state index contributed by atoms with van der Waals surface area (Å²) in [6, 6.07) is 15.3. The zero-order valence-electron chi connectivity index (χ0n) is 22.6. The zero-order chi connectivity index (χ0) is 27.4. The average molecular weight is 531 g/mol. The van der Waals surface area contributed by atoms with Gasteiger partial charge in [0.25, 0.3) is 5.56 Å². The van der Waals surface area contributed by atoms with Gasteiger partial charge in [0, 0.05) is 24.2 Å². The van der Waals surface area contributed by atoms with E-state index in [1.807, 2.05) is 49.4 Å². The lowest BCUT2D eigenvalue weighted by atomic mass is 9.93. The van der Waals surface area contributed by atoms with Gasteiger partial charge < -0.3 is 14.5 Å². The highest BCUT2D eigenvalue weighted by Crippen LogP contribution is 2.32. The van der Waals surface area contributed by atoms with E-state index in [0.717, 1.165) is 28.6 Å². The van der Waals surface area contributed by atoms with E-state index in [4.69, 9.17) is 9.47 Å². The second-order valence-electron chi connectivity index (χ2n) is 9.84. The minimum Gasteiger partial charge on any atom is -0.497 e. The SMILES string of the molecule is CCOC(=O)C1CCN([C@H](c2cc3cc(CC)ccc3[nH]c2=O)c2nnnn2Cc2ccc(OC)cc2)CC1. The van der Waals surface area contributed by atoms with Crippen molar-refractivity contribution >= 4 is 16.9 Å². The molecule has 0 unspecified atom stereocenters. The summed E-state index contributed by atoms with van der Waals surface area (Å²) >= 11 is 0. The molecule has 1 saturated heterocycles. The van der Waals surface area contributed by atoms with Gasteiger partial charge in [-0.1, -0.05) is 25.1 Å². The van der Waals surface area contributed by atoms with E-state index >= 15 is 0 Å². The summed E-state index contributed by atoms with van der Waals surface area (Å²) in [6.07, 6.45) is 2.18. The monoisotopic (exact) mass is 530 g/mol. The van der Waals surface area contributed by atoms with Gasteiger partial charge in [-0.05, 0) is 83.5 Å². The molecular weight excluding hydrogens is 496 g/mol. The van der Waals surface area contributed by atoms with Crippen molar-refractivity contribution in [3.8, 4) is 5.75 Å². The summed E-state index contributed by atoms with van der Waals surface area (Å²) in [5.41, 5.74) is 3.39. The van der Waals surface area contributed by atoms with Gasteiger partial charge in [-0.15, -0.1) is 5.10 Å². The van der Waals surface area contributed by atoms with Gasteiger partial charge in [0.1, 0.15) is 11.8 Å². The molecule has 10 nitrogen and oxygen atoms in total. The minimum absolute atomic E-state index is 0.154. The third-order valence-corrected chi connectivity index (χ3v) is 7.45. The number of aryl methyl sites for hydroxylation is 1. The number of pyridine rings is 1. The van der Waals surface area contributed by atoms with Crippen LogP contribution in [0, 0.1) is 5.92 Å². The van der Waals surface area contributed by atoms with Crippen LogP contribution in [0.15, 0.2) is 53.3 Å². The normalized spacial score (nSPS) is 15.4. The van der Waals surface area contributed by atoms with Crippen LogP contribution >= 0.6 is 0 Å². The van der Waals surface area contributed by atoms with E-state index in [1.165, 1.54) is 5.56 Å². The Morgan fingerprint density at radius 3 is 2.51 bits per heavy atom. The first-order chi connectivity index (χ1) is 19.0. The van der Waals surface area contributed by atoms with Crippen LogP contribution in [0.1, 0.15) is 55.2 Å². The van der Waals surface area contributed by atoms with Crippen molar-refractivity contribution < 1.29 is 14.3 Å². The molecule has 1 fully saturated rings. The smallest absolute Gasteiger partial charge is 0.309 e. The lowest BCUT2D eigenvalue weighted by Gasteiger charge is -2.36. The molecule has 5 rings (SSSR count). The number of benzene rings is 2. The quantitative estimate of drug-likeness (QED) is 0.327. The molecule has 3 heterocycles. The van der Waals surface area contributed by atoms with E-state index in [-0.39, 0.29) is 17.4 Å². The fourth-order valence-electron chi connectivity index (χ4n) is 5.27. The van der Waals surface area contributed by atoms with E-state index in [1.54, 1.807) is 11.8 Å². The number of nitrogens with one attached hydrogen (secondary N) is 1. The maximum Gasteiger partial charge on any atom is 0.309 e. The van der Waals surface area contributed by atoms with Crippen LogP contribution in [0.5, 0.6) is 5.75 Å². The van der Waals surface area contributed by atoms with Gasteiger partial charge in [-0.25, -0.2) is 4.68 Å². The number of nitrogens with zero attached hydrogens (tertiary/aromatic N) is 5. The fraction of sp³-hybridized carbons (Fsp3) is 0.414. The van der Waals surface area contributed by atoms with Gasteiger partial charge in [-0.2, -0.15) is 0 Å². The molecule has 1 aliphatic rings. The number of rotatable bonds is 9. The maximum absolute atomic E-state index is 13.5. The van der Waals surface area contributed by atoms with E-state index in [9.17, 15) is 9.59 Å². The summed E-state index contributed by atoms with van der Waals surface area (Å²) in [4.78, 5) is 31.2. The Bertz CT molecular complexity index is 1490. The molecular formula is C29H34N6O4. The largest absolute Gasteiger partial charge is 0.497 e. The van der Waals surface area contributed by atoms with E-state index in [2.05, 4.69) is 38.4 Å². The Morgan fingerprint density at radius 2 is 1.82 bits per heavy atom. The summed E-state index contributed by atoms with van der Waals surface area (Å²) in [5.74, 6) is 1.04. The third kappa shape index (κ3) is 5.70. The Balaban J connectivity index is 1.54. The lowest BCUT2D eigenvalue weighted by Crippen LogP contribution is -2.42. The van der Waals surface area contributed by atoms with Crippen LogP contribution in [-0.2, 0) is 22.5 Å². The summed E-state index contributed by atoms with van der Waals surface area (Å²) in [5, 5.41) is 13.7. The molecule has 1 aliphatic heterocycles. The van der Waals surface area contributed by atoms with Gasteiger partial charge in [0.2, 0.25) is 0 Å². The van der Waals surface area contributed by atoms with Crippen molar-refractivity contribution in [1.29, 1.82) is 0 Å². The number of aromatic amines is 1. The number of carbonyl (C=O) groups excluding carboxylic acids is 1. The number of H-pyrrole nitrogens is 1. The summed E-state index contributed by atoms with van der Waals surface area (Å²) in [6.45, 7) is 5.95. The predicted octanol–water partition coefficient (Wildman–Crippen LogP) is 3.50. The van der Waals surface area contributed by atoms with Crippen molar-refractivity contribution in [3.05, 3.63) is 81.4 Å². The Morgan fingerprint density at radius 1 is 1.08 bits per heavy atom. The van der Waals surface area contributed by atoms with Gasteiger partial charge in [0.05, 0.1) is 26.2 Å². The average Bonchev–Trinajstić information content (AvgIpc) is 3.41. The van der Waals surface area contributed by atoms with Crippen molar-refractivity contribution in [3.63, 3.8) is 0 Å². The molecule has 204 valence electrons. The molecule has 1 N–H and O–H groups in total. The van der Waals surface area contributed by atoms with E-state index in [0.29, 0.717) is 50.5 Å². The molecule has 1 atom stereocenters. The van der Waals surface area contributed by atoms with Crippen molar-refractivity contribution in [2.24, 2.45) is 5.92 Å². The molecule has 2 aromatic heterocycles. The molecule has 10 heteroatoms. The van der Waals surface area contributed by atoms with Crippen molar-refractivity contribution in [2.45, 2.75) is 45.7 Å². The second-order valence-corrected chi connectivity index (χ2v) is 9.84. The molecule has 0 radical (unpaired) electrons. The third-order valence-electron chi connectivity index (χ3n) is 7.45. The molecule has 0 aliphatic carbocycles. The Kier molecular flexibility index (Phi) is 8.02. The highest BCUT2D eigenvalue weighted by Gasteiger charge is 2.35. The topological polar surface area (TPSA) is 115 Å². The number of esters is 1. The van der Waals surface area contributed by atoms with Crippen molar-refractivity contribution in [2.75, 3.05) is 26.8 Å². The number of likely N-dealkylation sites (tertiary alicyclic amines) is 1. The van der Waals surface area contributed by atoms with Crippen LogP contribution in [0.25, 0.3) is 10.9 Å². The minimum atomic E-state index is -0.486. The molecule has 0 amide bonds. The number of fused-ring (bicyclic) bond motifs is 1. The zero-order valence-corrected chi connectivity index (χ0v) is 22.6. The summed E-state index contributed by atoms with van der Waals surface area (Å²) in [7, 11) is 1.63. The highest BCUT2D eigenvalue weighted by molar-refractivity contribution is 5.80. The van der Waals surface area contributed by atoms with E-state index < -0.39 is 6.04 Å². The van der Waals surface area contributed by atoms with Crippen LogP contribution < -0.4 is 10.3 Å². The number of hydrogen-bond acceptors (Lipinski definition) is 8. The summed E-state index contributed by atoms with van der Waals surface area (Å²) < 4.78 is 12.3. The van der Waals surface area contributed by atoms with Gasteiger partial charge in [0.15, 0.2) is 5.82 Å². The number of aromatic nitrogens is 5. The lowest BCUT2D eigenvalue weighted by molar-refractivity contribution is -0.149. The van der Waals surface area contributed by atoms with Gasteiger partial charge >= 0.3 is 5.97 Å². The molecule has 2 aromatic carbocycles. The number of hydrogen-bond donors (Lipinski definition) is 1. The number of carbonyl (C=O) groups is 1. The first-order valence-electron chi connectivity index (χ1n) is 13.5. The van der Waals surface area contributed by atoms with Crippen LogP contribution in [0.4, 0.5) is 0 Å². The molecule has 0 saturated carbocycles. The number of tetrazole rings is 1. The Hall–Kier alpha value is -4.05. The fourth-order valence-corrected chi connectivity index (χ4v) is 5.27. The molecule has 4 aromatic rings. The number of piperidine rings is 1. The van der Waals surface area contributed by atoms with Crippen LogP contribution in [0.3, 0.4) is 0 Å². The maximum atomic E-state index is 13.5. The molecule has 39 heavy (non-hydrogen) atoms. The second kappa shape index (κ2) is 11.8. The molecule has 0 bridgehead atoms. The standard InChI is InChI=1S/C29H34N6O4/c1-4-19-8-11-25-22(16-19)17-24(28(36)30-25)26(34-14-12-21(13-15-34)29(37)39-5-2)27-31-32-33-35(27)18-20-6-9-23(38-3)10-7-20/h6-11,16-17,21,26H,4-5,12-15,18H2,1-3H3,(H,30,36)/t26-/m1/s1. The Labute approximate surface area is 226 Å². The first-order valence-corrected chi connectivity index (χ1v) is 13.5. The van der Waals surface area contributed by atoms with Gasteiger partial charge in [-0.3, -0.25) is 14.5 Å². The predicted molar refractivity (Wildman–Crippen MR) is 147 cm³/mol. The first kappa shape index (κ1) is 26.6.